The first-order valence-corrected chi connectivity index (χ1v) is 7.20. The average molecular weight is 303 g/mol. The van der Waals surface area contributed by atoms with E-state index in [-0.39, 0.29) is 24.0 Å². The molecule has 1 atom stereocenters. The van der Waals surface area contributed by atoms with Crippen LogP contribution in [0.1, 0.15) is 36.1 Å². The van der Waals surface area contributed by atoms with Gasteiger partial charge in [0.25, 0.3) is 5.91 Å². The minimum absolute atomic E-state index is 0.209. The van der Waals surface area contributed by atoms with Crippen molar-refractivity contribution in [3.05, 3.63) is 59.8 Å². The van der Waals surface area contributed by atoms with Crippen LogP contribution in [0.5, 0.6) is 0 Å². The number of rotatable bonds is 2. The maximum absolute atomic E-state index is 14.0. The molecule has 0 aliphatic carbocycles. The summed E-state index contributed by atoms with van der Waals surface area (Å²) in [7, 11) is 0. The van der Waals surface area contributed by atoms with Crippen molar-refractivity contribution in [1.82, 2.24) is 4.90 Å². The first kappa shape index (κ1) is 14.8. The Bertz CT molecular complexity index is 666. The van der Waals surface area contributed by atoms with E-state index in [0.717, 1.165) is 0 Å². The molecule has 1 aromatic carbocycles. The van der Waals surface area contributed by atoms with E-state index in [1.54, 1.807) is 35.2 Å². The minimum Gasteiger partial charge on any atom is -0.459 e. The van der Waals surface area contributed by atoms with Gasteiger partial charge >= 0.3 is 0 Å². The van der Waals surface area contributed by atoms with Crippen molar-refractivity contribution < 1.29 is 18.3 Å². The van der Waals surface area contributed by atoms with Crippen LogP contribution in [-0.4, -0.2) is 29.5 Å². The number of furan rings is 1. The third kappa shape index (κ3) is 2.64. The Labute approximate surface area is 128 Å². The lowest BCUT2D eigenvalue weighted by Crippen LogP contribution is -2.56. The molecule has 2 aromatic rings. The molecule has 0 spiro atoms. The molecule has 1 fully saturated rings. The van der Waals surface area contributed by atoms with Gasteiger partial charge in [0, 0.05) is 5.56 Å². The molecule has 0 radical (unpaired) electrons. The van der Waals surface area contributed by atoms with Crippen LogP contribution in [0.2, 0.25) is 0 Å². The Hall–Kier alpha value is -2.14. The van der Waals surface area contributed by atoms with Crippen molar-refractivity contribution in [3.8, 4) is 0 Å². The Balaban J connectivity index is 1.88. The molecular weight excluding hydrogens is 285 g/mol. The molecule has 1 unspecified atom stereocenters. The van der Waals surface area contributed by atoms with Gasteiger partial charge in [0.05, 0.1) is 25.0 Å². The predicted molar refractivity (Wildman–Crippen MR) is 78.9 cm³/mol. The second-order valence-electron chi connectivity index (χ2n) is 6.03. The lowest BCUT2D eigenvalue weighted by Gasteiger charge is -2.45. The average Bonchev–Trinajstić information content (AvgIpc) is 3.01. The van der Waals surface area contributed by atoms with Crippen molar-refractivity contribution in [2.75, 3.05) is 13.2 Å². The highest BCUT2D eigenvalue weighted by atomic mass is 19.1. The van der Waals surface area contributed by atoms with Gasteiger partial charge in [0.2, 0.25) is 0 Å². The number of ether oxygens (including phenoxy) is 1. The zero-order valence-electron chi connectivity index (χ0n) is 12.6. The quantitative estimate of drug-likeness (QED) is 0.854. The van der Waals surface area contributed by atoms with Crippen LogP contribution >= 0.6 is 0 Å². The van der Waals surface area contributed by atoms with Gasteiger partial charge in [-0.2, -0.15) is 0 Å². The summed E-state index contributed by atoms with van der Waals surface area (Å²) in [5.74, 6) is -0.250. The molecule has 0 saturated carbocycles. The van der Waals surface area contributed by atoms with Crippen molar-refractivity contribution in [1.29, 1.82) is 0 Å². The molecule has 4 nitrogen and oxygen atoms in total. The number of benzene rings is 1. The molecule has 1 amide bonds. The predicted octanol–water partition coefficient (Wildman–Crippen LogP) is 3.41. The zero-order valence-corrected chi connectivity index (χ0v) is 12.6. The van der Waals surface area contributed by atoms with Crippen LogP contribution in [-0.2, 0) is 4.74 Å². The summed E-state index contributed by atoms with van der Waals surface area (Å²) in [6, 6.07) is 9.80. The Morgan fingerprint density at radius 1 is 1.27 bits per heavy atom. The number of hydrogen-bond acceptors (Lipinski definition) is 3. The molecule has 0 bridgehead atoms. The molecule has 0 N–H and O–H groups in total. The van der Waals surface area contributed by atoms with Crippen LogP contribution in [0.3, 0.4) is 0 Å². The van der Waals surface area contributed by atoms with E-state index in [0.29, 0.717) is 12.2 Å². The van der Waals surface area contributed by atoms with Crippen molar-refractivity contribution in [3.63, 3.8) is 0 Å². The van der Waals surface area contributed by atoms with Gasteiger partial charge in [0.1, 0.15) is 11.9 Å². The summed E-state index contributed by atoms with van der Waals surface area (Å²) in [5.41, 5.74) is -0.0127. The molecule has 2 heterocycles. The van der Waals surface area contributed by atoms with E-state index in [1.165, 1.54) is 12.3 Å². The number of nitrogens with zero attached hydrogens (tertiary/aromatic N) is 1. The van der Waals surface area contributed by atoms with Gasteiger partial charge in [-0.3, -0.25) is 4.79 Å². The van der Waals surface area contributed by atoms with Gasteiger partial charge in [-0.1, -0.05) is 18.2 Å². The molecule has 3 rings (SSSR count). The maximum Gasteiger partial charge on any atom is 0.290 e. The Morgan fingerprint density at radius 3 is 2.73 bits per heavy atom. The molecule has 1 saturated heterocycles. The van der Waals surface area contributed by atoms with Gasteiger partial charge in [0.15, 0.2) is 5.76 Å². The highest BCUT2D eigenvalue weighted by molar-refractivity contribution is 5.92. The summed E-state index contributed by atoms with van der Waals surface area (Å²) in [4.78, 5) is 14.3. The highest BCUT2D eigenvalue weighted by Gasteiger charge is 2.40. The molecule has 1 aliphatic rings. The van der Waals surface area contributed by atoms with Crippen LogP contribution in [0.25, 0.3) is 0 Å². The number of carbonyl (C=O) groups excluding carboxylic acids is 1. The van der Waals surface area contributed by atoms with Crippen LogP contribution < -0.4 is 0 Å². The molecule has 1 aromatic heterocycles. The number of halogens is 1. The topological polar surface area (TPSA) is 42.7 Å². The Kier molecular flexibility index (Phi) is 3.74. The summed E-state index contributed by atoms with van der Waals surface area (Å²) >= 11 is 0. The minimum atomic E-state index is -0.481. The summed E-state index contributed by atoms with van der Waals surface area (Å²) < 4.78 is 25.0. The van der Waals surface area contributed by atoms with E-state index in [4.69, 9.17) is 9.15 Å². The SMILES string of the molecule is CC1(C)COC(c2ccccc2F)CN1C(=O)c1ccco1. The number of morpholine rings is 1. The van der Waals surface area contributed by atoms with Crippen LogP contribution in [0.4, 0.5) is 4.39 Å². The number of hydrogen-bond donors (Lipinski definition) is 0. The first-order valence-electron chi connectivity index (χ1n) is 7.20. The fourth-order valence-electron chi connectivity index (χ4n) is 2.66. The van der Waals surface area contributed by atoms with E-state index in [1.807, 2.05) is 13.8 Å². The molecular formula is C17H18FNO3. The summed E-state index contributed by atoms with van der Waals surface area (Å²) in [6.07, 6.45) is 0.989. The number of amides is 1. The fraction of sp³-hybridized carbons (Fsp3) is 0.353. The summed E-state index contributed by atoms with van der Waals surface area (Å²) in [5, 5.41) is 0. The van der Waals surface area contributed by atoms with Gasteiger partial charge < -0.3 is 14.1 Å². The second-order valence-corrected chi connectivity index (χ2v) is 6.03. The zero-order chi connectivity index (χ0) is 15.7. The maximum atomic E-state index is 14.0. The van der Waals surface area contributed by atoms with Gasteiger partial charge in [-0.15, -0.1) is 0 Å². The van der Waals surface area contributed by atoms with Crippen LogP contribution in [0.15, 0.2) is 47.1 Å². The van der Waals surface area contributed by atoms with Gasteiger partial charge in [-0.05, 0) is 32.0 Å². The molecule has 116 valence electrons. The van der Waals surface area contributed by atoms with Gasteiger partial charge in [-0.25, -0.2) is 4.39 Å². The number of carbonyl (C=O) groups is 1. The third-order valence-corrected chi connectivity index (χ3v) is 3.95. The molecule has 22 heavy (non-hydrogen) atoms. The molecule has 5 heteroatoms. The van der Waals surface area contributed by atoms with Crippen LogP contribution in [0, 0.1) is 5.82 Å². The van der Waals surface area contributed by atoms with E-state index < -0.39 is 11.6 Å². The van der Waals surface area contributed by atoms with Crippen molar-refractivity contribution >= 4 is 5.91 Å². The second kappa shape index (κ2) is 5.57. The van der Waals surface area contributed by atoms with Crippen molar-refractivity contribution in [2.24, 2.45) is 0 Å². The van der Waals surface area contributed by atoms with E-state index in [9.17, 15) is 9.18 Å². The smallest absolute Gasteiger partial charge is 0.290 e. The highest BCUT2D eigenvalue weighted by Crippen LogP contribution is 2.32. The largest absolute Gasteiger partial charge is 0.459 e. The summed E-state index contributed by atoms with van der Waals surface area (Å²) in [6.45, 7) is 4.46. The lowest BCUT2D eigenvalue weighted by atomic mass is 9.97. The fourth-order valence-corrected chi connectivity index (χ4v) is 2.66. The standard InChI is InChI=1S/C17H18FNO3/c1-17(2)11-22-15(12-6-3-4-7-13(12)18)10-19(17)16(20)14-8-5-9-21-14/h3-9,15H,10-11H2,1-2H3. The normalized spacial score (nSPS) is 20.9. The monoisotopic (exact) mass is 303 g/mol. The molecule has 1 aliphatic heterocycles. The third-order valence-electron chi connectivity index (χ3n) is 3.95. The van der Waals surface area contributed by atoms with Crippen molar-refractivity contribution in [2.45, 2.75) is 25.5 Å². The van der Waals surface area contributed by atoms with E-state index in [2.05, 4.69) is 0 Å². The first-order chi connectivity index (χ1) is 10.5. The Morgan fingerprint density at radius 2 is 2.05 bits per heavy atom. The lowest BCUT2D eigenvalue weighted by molar-refractivity contribution is -0.0864. The van der Waals surface area contributed by atoms with E-state index >= 15 is 0 Å².